The number of aliphatic hydroxyl groups excluding tert-OH is 1. The highest BCUT2D eigenvalue weighted by molar-refractivity contribution is 5.86. The van der Waals surface area contributed by atoms with Crippen LogP contribution in [0.4, 0.5) is 0 Å². The van der Waals surface area contributed by atoms with Crippen molar-refractivity contribution in [3.63, 3.8) is 0 Å². The van der Waals surface area contributed by atoms with Crippen LogP contribution in [-0.4, -0.2) is 5.11 Å². The topological polar surface area (TPSA) is 20.2 Å². The molecule has 1 atom stereocenters. The van der Waals surface area contributed by atoms with Crippen LogP contribution in [0.5, 0.6) is 0 Å². The third-order valence-electron chi connectivity index (χ3n) is 4.04. The van der Waals surface area contributed by atoms with Crippen molar-refractivity contribution in [2.24, 2.45) is 0 Å². The van der Waals surface area contributed by atoms with Crippen molar-refractivity contribution in [3.05, 3.63) is 83.4 Å². The summed E-state index contributed by atoms with van der Waals surface area (Å²) in [7, 11) is 0. The van der Waals surface area contributed by atoms with Crippen LogP contribution in [0.1, 0.15) is 29.7 Å². The average molecular weight is 276 g/mol. The Balaban J connectivity index is 1.88. The number of benzene rings is 3. The molecule has 21 heavy (non-hydrogen) atoms. The van der Waals surface area contributed by atoms with Crippen molar-refractivity contribution in [2.45, 2.75) is 25.9 Å². The van der Waals surface area contributed by atoms with E-state index in [1.807, 2.05) is 24.3 Å². The maximum absolute atomic E-state index is 10.6. The summed E-state index contributed by atoms with van der Waals surface area (Å²) in [5, 5.41) is 12.9. The monoisotopic (exact) mass is 276 g/mol. The maximum Gasteiger partial charge on any atom is 0.0836 e. The zero-order chi connectivity index (χ0) is 14.7. The molecule has 0 radical (unpaired) electrons. The number of rotatable bonds is 4. The van der Waals surface area contributed by atoms with Gasteiger partial charge in [0.05, 0.1) is 6.10 Å². The molecule has 0 spiro atoms. The van der Waals surface area contributed by atoms with E-state index in [4.69, 9.17) is 0 Å². The fourth-order valence-electron chi connectivity index (χ4n) is 2.79. The first kappa shape index (κ1) is 13.8. The van der Waals surface area contributed by atoms with Gasteiger partial charge in [0.25, 0.3) is 0 Å². The van der Waals surface area contributed by atoms with Crippen LogP contribution in [0, 0.1) is 0 Å². The van der Waals surface area contributed by atoms with Crippen molar-refractivity contribution in [1.82, 2.24) is 0 Å². The van der Waals surface area contributed by atoms with Gasteiger partial charge in [-0.2, -0.15) is 0 Å². The van der Waals surface area contributed by atoms with E-state index in [1.165, 1.54) is 16.5 Å². The molecule has 1 nitrogen and oxygen atoms in total. The lowest BCUT2D eigenvalue weighted by Crippen LogP contribution is -2.02. The van der Waals surface area contributed by atoms with E-state index in [1.54, 1.807) is 0 Å². The van der Waals surface area contributed by atoms with E-state index in [0.717, 1.165) is 17.4 Å². The van der Waals surface area contributed by atoms with Crippen molar-refractivity contribution in [1.29, 1.82) is 0 Å². The fourth-order valence-corrected chi connectivity index (χ4v) is 2.79. The van der Waals surface area contributed by atoms with Crippen LogP contribution in [0.3, 0.4) is 0 Å². The van der Waals surface area contributed by atoms with E-state index in [9.17, 15) is 5.11 Å². The van der Waals surface area contributed by atoms with Gasteiger partial charge < -0.3 is 5.11 Å². The van der Waals surface area contributed by atoms with Gasteiger partial charge in [-0.1, -0.05) is 73.7 Å². The molecule has 3 aromatic rings. The molecule has 1 heteroatoms. The van der Waals surface area contributed by atoms with Gasteiger partial charge in [-0.05, 0) is 33.9 Å². The average Bonchev–Trinajstić information content (AvgIpc) is 2.55. The molecule has 0 saturated heterocycles. The Morgan fingerprint density at radius 1 is 0.810 bits per heavy atom. The van der Waals surface area contributed by atoms with E-state index >= 15 is 0 Å². The Morgan fingerprint density at radius 3 is 2.24 bits per heavy atom. The molecular weight excluding hydrogens is 256 g/mol. The molecule has 0 bridgehead atoms. The molecule has 3 aromatic carbocycles. The zero-order valence-electron chi connectivity index (χ0n) is 12.3. The smallest absolute Gasteiger partial charge is 0.0836 e. The number of aliphatic hydroxyl groups is 1. The molecule has 1 unspecified atom stereocenters. The zero-order valence-corrected chi connectivity index (χ0v) is 12.3. The second-order valence-corrected chi connectivity index (χ2v) is 5.46. The highest BCUT2D eigenvalue weighted by Gasteiger charge is 2.11. The van der Waals surface area contributed by atoms with Crippen molar-refractivity contribution in [3.8, 4) is 0 Å². The highest BCUT2D eigenvalue weighted by atomic mass is 16.3. The number of hydrogen-bond acceptors (Lipinski definition) is 1. The molecule has 0 fully saturated rings. The van der Waals surface area contributed by atoms with Gasteiger partial charge in [0.1, 0.15) is 0 Å². The first-order valence-corrected chi connectivity index (χ1v) is 7.51. The summed E-state index contributed by atoms with van der Waals surface area (Å²) >= 11 is 0. The van der Waals surface area contributed by atoms with Crippen LogP contribution >= 0.6 is 0 Å². The normalized spacial score (nSPS) is 12.5. The maximum atomic E-state index is 10.6. The molecule has 0 aliphatic rings. The molecule has 0 saturated carbocycles. The first-order chi connectivity index (χ1) is 10.3. The summed E-state index contributed by atoms with van der Waals surface area (Å²) in [5.74, 6) is 0. The molecule has 0 aromatic heterocycles. The summed E-state index contributed by atoms with van der Waals surface area (Å²) in [5.41, 5.74) is 3.51. The Hall–Kier alpha value is -2.12. The summed E-state index contributed by atoms with van der Waals surface area (Å²) in [6, 6.07) is 22.9. The number of hydrogen-bond donors (Lipinski definition) is 1. The summed E-state index contributed by atoms with van der Waals surface area (Å²) in [4.78, 5) is 0. The quantitative estimate of drug-likeness (QED) is 0.733. The van der Waals surface area contributed by atoms with Gasteiger partial charge in [0, 0.05) is 6.42 Å². The van der Waals surface area contributed by atoms with Crippen LogP contribution in [0.25, 0.3) is 10.8 Å². The summed E-state index contributed by atoms with van der Waals surface area (Å²) in [6.45, 7) is 2.15. The largest absolute Gasteiger partial charge is 0.388 e. The third kappa shape index (κ3) is 2.98. The lowest BCUT2D eigenvalue weighted by Gasteiger charge is -2.14. The molecule has 0 heterocycles. The Labute approximate surface area is 125 Å². The minimum atomic E-state index is -0.469. The van der Waals surface area contributed by atoms with E-state index in [0.29, 0.717) is 6.42 Å². The van der Waals surface area contributed by atoms with E-state index < -0.39 is 6.10 Å². The third-order valence-corrected chi connectivity index (χ3v) is 4.04. The minimum absolute atomic E-state index is 0.469. The summed E-state index contributed by atoms with van der Waals surface area (Å²) in [6.07, 6.45) is 1.23. The second-order valence-electron chi connectivity index (χ2n) is 5.46. The van der Waals surface area contributed by atoms with Gasteiger partial charge >= 0.3 is 0 Å². The predicted molar refractivity (Wildman–Crippen MR) is 88.4 cm³/mol. The van der Waals surface area contributed by atoms with Crippen molar-refractivity contribution < 1.29 is 5.11 Å². The first-order valence-electron chi connectivity index (χ1n) is 7.51. The van der Waals surface area contributed by atoms with Gasteiger partial charge in [-0.15, -0.1) is 0 Å². The second kappa shape index (κ2) is 6.11. The Morgan fingerprint density at radius 2 is 1.48 bits per heavy atom. The molecule has 0 aliphatic heterocycles. The summed E-state index contributed by atoms with van der Waals surface area (Å²) < 4.78 is 0. The molecule has 1 N–H and O–H groups in total. The number of fused-ring (bicyclic) bond motifs is 1. The van der Waals surface area contributed by atoms with Gasteiger partial charge in [-0.25, -0.2) is 0 Å². The molecule has 106 valence electrons. The van der Waals surface area contributed by atoms with E-state index in [-0.39, 0.29) is 0 Å². The van der Waals surface area contributed by atoms with Gasteiger partial charge in [0.15, 0.2) is 0 Å². The molecule has 0 amide bonds. The molecular formula is C20H20O. The van der Waals surface area contributed by atoms with Crippen LogP contribution in [0.15, 0.2) is 66.7 Å². The van der Waals surface area contributed by atoms with Crippen molar-refractivity contribution >= 4 is 10.8 Å². The van der Waals surface area contributed by atoms with Crippen LogP contribution in [-0.2, 0) is 12.8 Å². The SMILES string of the molecule is CCc1ccc(CC(O)c2cccc3ccccc23)cc1. The predicted octanol–water partition coefficient (Wildman–Crippen LogP) is 4.68. The Kier molecular flexibility index (Phi) is 4.03. The minimum Gasteiger partial charge on any atom is -0.388 e. The molecule has 3 rings (SSSR count). The molecule has 0 aliphatic carbocycles. The lowest BCUT2D eigenvalue weighted by atomic mass is 9.96. The van der Waals surface area contributed by atoms with Gasteiger partial charge in [-0.3, -0.25) is 0 Å². The lowest BCUT2D eigenvalue weighted by molar-refractivity contribution is 0.180. The van der Waals surface area contributed by atoms with E-state index in [2.05, 4.69) is 49.4 Å². The number of aryl methyl sites for hydroxylation is 1. The van der Waals surface area contributed by atoms with Crippen LogP contribution in [0.2, 0.25) is 0 Å². The fraction of sp³-hybridized carbons (Fsp3) is 0.200. The van der Waals surface area contributed by atoms with Crippen LogP contribution < -0.4 is 0 Å². The highest BCUT2D eigenvalue weighted by Crippen LogP contribution is 2.26. The van der Waals surface area contributed by atoms with Crippen molar-refractivity contribution in [2.75, 3.05) is 0 Å². The van der Waals surface area contributed by atoms with Gasteiger partial charge in [0.2, 0.25) is 0 Å². The Bertz CT molecular complexity index is 723. The standard InChI is InChI=1S/C20H20O/c1-2-15-10-12-16(13-11-15)14-20(21)19-9-5-7-17-6-3-4-8-18(17)19/h3-13,20-21H,2,14H2,1H3.